The van der Waals surface area contributed by atoms with Gasteiger partial charge in [-0.05, 0) is 94.4 Å². The van der Waals surface area contributed by atoms with E-state index in [4.69, 9.17) is 23.2 Å². The standard InChI is InChI=1S/C35H50Cl2N4O2/c1-4-19-40(20-5-2)34(43)35(41-21-10-7-11-22-41)17-24-39(25-18-35)23-16-30(29-14-15-31(36)32(37)26-29)27-38(3)33(42)28-12-8-6-9-13-28/h6,8-9,12-15,26,30H,4-5,7,10-11,16-25,27H2,1-3H3. The van der Waals surface area contributed by atoms with Crippen LogP contribution in [0.25, 0.3) is 0 Å². The third-order valence-electron chi connectivity index (χ3n) is 9.39. The topological polar surface area (TPSA) is 47.1 Å². The van der Waals surface area contributed by atoms with Crippen molar-refractivity contribution >= 4 is 35.0 Å². The van der Waals surface area contributed by atoms with Gasteiger partial charge in [0.2, 0.25) is 5.91 Å². The number of likely N-dealkylation sites (N-methyl/N-ethyl adjacent to an activating group) is 1. The molecular formula is C35H50Cl2N4O2. The van der Waals surface area contributed by atoms with Crippen molar-refractivity contribution in [3.05, 3.63) is 69.7 Å². The summed E-state index contributed by atoms with van der Waals surface area (Å²) in [5.41, 5.74) is 1.40. The maximum atomic E-state index is 14.2. The number of hydrogen-bond acceptors (Lipinski definition) is 4. The van der Waals surface area contributed by atoms with Crippen molar-refractivity contribution in [2.24, 2.45) is 0 Å². The minimum atomic E-state index is -0.382. The first-order valence-corrected chi connectivity index (χ1v) is 17.1. The molecule has 0 aromatic heterocycles. The highest BCUT2D eigenvalue weighted by Crippen LogP contribution is 2.35. The lowest BCUT2D eigenvalue weighted by molar-refractivity contribution is -0.150. The lowest BCUT2D eigenvalue weighted by Gasteiger charge is -2.50. The molecule has 2 aliphatic rings. The van der Waals surface area contributed by atoms with E-state index in [1.807, 2.05) is 60.5 Å². The third-order valence-corrected chi connectivity index (χ3v) is 10.1. The number of halogens is 2. The molecule has 0 aliphatic carbocycles. The van der Waals surface area contributed by atoms with Crippen LogP contribution < -0.4 is 0 Å². The van der Waals surface area contributed by atoms with E-state index in [0.29, 0.717) is 28.1 Å². The second-order valence-corrected chi connectivity index (χ2v) is 13.2. The van der Waals surface area contributed by atoms with Gasteiger partial charge in [-0.25, -0.2) is 0 Å². The Kier molecular flexibility index (Phi) is 12.8. The van der Waals surface area contributed by atoms with E-state index in [-0.39, 0.29) is 17.4 Å². The summed E-state index contributed by atoms with van der Waals surface area (Å²) in [6, 6.07) is 15.3. The number of hydrogen-bond donors (Lipinski definition) is 0. The molecule has 2 aromatic carbocycles. The monoisotopic (exact) mass is 628 g/mol. The van der Waals surface area contributed by atoms with Crippen molar-refractivity contribution in [3.63, 3.8) is 0 Å². The van der Waals surface area contributed by atoms with Crippen molar-refractivity contribution in [1.29, 1.82) is 0 Å². The molecule has 0 bridgehead atoms. The van der Waals surface area contributed by atoms with E-state index in [1.165, 1.54) is 19.3 Å². The lowest BCUT2D eigenvalue weighted by atomic mass is 9.82. The number of benzene rings is 2. The zero-order valence-electron chi connectivity index (χ0n) is 26.4. The lowest BCUT2D eigenvalue weighted by Crippen LogP contribution is -2.65. The van der Waals surface area contributed by atoms with Gasteiger partial charge >= 0.3 is 0 Å². The Morgan fingerprint density at radius 1 is 0.884 bits per heavy atom. The van der Waals surface area contributed by atoms with E-state index in [0.717, 1.165) is 83.5 Å². The first-order chi connectivity index (χ1) is 20.8. The minimum absolute atomic E-state index is 0.0113. The van der Waals surface area contributed by atoms with Crippen molar-refractivity contribution in [2.45, 2.75) is 76.7 Å². The normalized spacial score (nSPS) is 18.3. The van der Waals surface area contributed by atoms with Crippen molar-refractivity contribution < 1.29 is 9.59 Å². The van der Waals surface area contributed by atoms with Crippen molar-refractivity contribution in [2.75, 3.05) is 59.4 Å². The number of amides is 2. The molecular weight excluding hydrogens is 579 g/mol. The minimum Gasteiger partial charge on any atom is -0.341 e. The average molecular weight is 630 g/mol. The molecule has 1 unspecified atom stereocenters. The molecule has 0 radical (unpaired) electrons. The summed E-state index contributed by atoms with van der Waals surface area (Å²) >= 11 is 12.7. The van der Waals surface area contributed by atoms with Crippen LogP contribution in [-0.4, -0.2) is 96.4 Å². The van der Waals surface area contributed by atoms with Crippen LogP contribution in [0.15, 0.2) is 48.5 Å². The van der Waals surface area contributed by atoms with Crippen molar-refractivity contribution in [3.8, 4) is 0 Å². The van der Waals surface area contributed by atoms with E-state index >= 15 is 0 Å². The fourth-order valence-corrected chi connectivity index (χ4v) is 7.27. The molecule has 8 heteroatoms. The van der Waals surface area contributed by atoms with Gasteiger partial charge in [-0.3, -0.25) is 14.5 Å². The van der Waals surface area contributed by atoms with Gasteiger partial charge in [0, 0.05) is 51.3 Å². The predicted octanol–water partition coefficient (Wildman–Crippen LogP) is 7.21. The van der Waals surface area contributed by atoms with Gasteiger partial charge in [-0.2, -0.15) is 0 Å². The Morgan fingerprint density at radius 2 is 1.53 bits per heavy atom. The molecule has 6 nitrogen and oxygen atoms in total. The summed E-state index contributed by atoms with van der Waals surface area (Å²) in [6.07, 6.45) is 8.24. The van der Waals surface area contributed by atoms with Gasteiger partial charge in [-0.15, -0.1) is 0 Å². The molecule has 2 heterocycles. The van der Waals surface area contributed by atoms with Crippen LogP contribution in [0.1, 0.15) is 87.1 Å². The molecule has 1 atom stereocenters. The van der Waals surface area contributed by atoms with Gasteiger partial charge < -0.3 is 14.7 Å². The number of piperidine rings is 2. The quantitative estimate of drug-likeness (QED) is 0.235. The van der Waals surface area contributed by atoms with Gasteiger partial charge in [0.15, 0.2) is 0 Å². The summed E-state index contributed by atoms with van der Waals surface area (Å²) in [4.78, 5) is 36.4. The Hall–Kier alpha value is -2.12. The molecule has 2 saturated heterocycles. The zero-order valence-corrected chi connectivity index (χ0v) is 27.9. The molecule has 4 rings (SSSR count). The van der Waals surface area contributed by atoms with Crippen LogP contribution in [0.3, 0.4) is 0 Å². The predicted molar refractivity (Wildman–Crippen MR) is 178 cm³/mol. The van der Waals surface area contributed by atoms with Crippen LogP contribution in [0.2, 0.25) is 10.0 Å². The van der Waals surface area contributed by atoms with E-state index < -0.39 is 0 Å². The summed E-state index contributed by atoms with van der Waals surface area (Å²) < 4.78 is 0. The molecule has 2 aliphatic heterocycles. The zero-order chi connectivity index (χ0) is 30.8. The van der Waals surface area contributed by atoms with E-state index in [9.17, 15) is 9.59 Å². The molecule has 0 spiro atoms. The molecule has 2 amide bonds. The van der Waals surface area contributed by atoms with Gasteiger partial charge in [0.25, 0.3) is 5.91 Å². The maximum absolute atomic E-state index is 14.2. The van der Waals surface area contributed by atoms with Crippen LogP contribution in [0.4, 0.5) is 0 Å². The first-order valence-electron chi connectivity index (χ1n) is 16.3. The average Bonchev–Trinajstić information content (AvgIpc) is 3.04. The summed E-state index contributed by atoms with van der Waals surface area (Å²) in [7, 11) is 1.87. The van der Waals surface area contributed by atoms with Gasteiger partial charge in [0.1, 0.15) is 5.54 Å². The highest BCUT2D eigenvalue weighted by Gasteiger charge is 2.48. The highest BCUT2D eigenvalue weighted by molar-refractivity contribution is 6.42. The molecule has 43 heavy (non-hydrogen) atoms. The second-order valence-electron chi connectivity index (χ2n) is 12.4. The molecule has 236 valence electrons. The van der Waals surface area contributed by atoms with E-state index in [1.54, 1.807) is 0 Å². The van der Waals surface area contributed by atoms with E-state index in [2.05, 4.69) is 28.5 Å². The van der Waals surface area contributed by atoms with Gasteiger partial charge in [-0.1, -0.05) is 67.7 Å². The third kappa shape index (κ3) is 8.54. The smallest absolute Gasteiger partial charge is 0.253 e. The molecule has 2 fully saturated rings. The van der Waals surface area contributed by atoms with Gasteiger partial charge in [0.05, 0.1) is 10.0 Å². The van der Waals surface area contributed by atoms with Crippen LogP contribution in [-0.2, 0) is 4.79 Å². The Morgan fingerprint density at radius 3 is 2.14 bits per heavy atom. The first kappa shape index (κ1) is 33.8. The Labute approximate surface area is 269 Å². The Bertz CT molecular complexity index is 1170. The summed E-state index contributed by atoms with van der Waals surface area (Å²) in [6.45, 7) is 11.4. The molecule has 0 saturated carbocycles. The fraction of sp³-hybridized carbons (Fsp3) is 0.600. The molecule has 0 N–H and O–H groups in total. The van der Waals surface area contributed by atoms with Crippen LogP contribution >= 0.6 is 23.2 Å². The molecule has 2 aromatic rings. The maximum Gasteiger partial charge on any atom is 0.253 e. The largest absolute Gasteiger partial charge is 0.341 e. The number of nitrogens with zero attached hydrogens (tertiary/aromatic N) is 4. The number of likely N-dealkylation sites (tertiary alicyclic amines) is 2. The Balaban J connectivity index is 1.46. The number of carbonyl (C=O) groups excluding carboxylic acids is 2. The van der Waals surface area contributed by atoms with Crippen LogP contribution in [0.5, 0.6) is 0 Å². The highest BCUT2D eigenvalue weighted by atomic mass is 35.5. The second kappa shape index (κ2) is 16.3. The summed E-state index contributed by atoms with van der Waals surface area (Å²) in [5.74, 6) is 0.470. The SMILES string of the molecule is CCCN(CCC)C(=O)C1(N2CCCCC2)CCN(CCC(CN(C)C(=O)c2ccccc2)c2ccc(Cl)c(Cl)c2)CC1. The van der Waals surface area contributed by atoms with Crippen LogP contribution in [0, 0.1) is 0 Å². The van der Waals surface area contributed by atoms with Crippen molar-refractivity contribution in [1.82, 2.24) is 19.6 Å². The summed E-state index contributed by atoms with van der Waals surface area (Å²) in [5, 5.41) is 1.07. The number of rotatable bonds is 13. The fourth-order valence-electron chi connectivity index (χ4n) is 6.97. The number of carbonyl (C=O) groups is 2.